The van der Waals surface area contributed by atoms with Gasteiger partial charge in [0.05, 0.1) is 0 Å². The molecule has 0 fully saturated rings. The van der Waals surface area contributed by atoms with Crippen molar-refractivity contribution >= 4 is 37.8 Å². The quantitative estimate of drug-likeness (QED) is 0.459. The Labute approximate surface area is 132 Å². The van der Waals surface area contributed by atoms with Crippen molar-refractivity contribution < 1.29 is 4.79 Å². The number of rotatable bonds is 3. The van der Waals surface area contributed by atoms with Crippen LogP contribution in [0.25, 0.3) is 20.2 Å². The first-order valence-corrected chi connectivity index (χ1v) is 8.10. The summed E-state index contributed by atoms with van der Waals surface area (Å²) in [5.74, 6) is 0. The zero-order valence-electron chi connectivity index (χ0n) is 12.0. The number of hydrogen-bond acceptors (Lipinski definition) is 2. The van der Waals surface area contributed by atoms with Crippen LogP contribution in [0.3, 0.4) is 0 Å². The van der Waals surface area contributed by atoms with Gasteiger partial charge in [0.1, 0.15) is 6.29 Å². The lowest BCUT2D eigenvalue weighted by molar-refractivity contribution is 0.112. The summed E-state index contributed by atoms with van der Waals surface area (Å²) in [5, 5.41) is 2.62. The largest absolute Gasteiger partial charge is 0.298 e. The molecule has 0 bridgehead atoms. The van der Waals surface area contributed by atoms with Crippen molar-refractivity contribution in [2.75, 3.05) is 0 Å². The first kappa shape index (κ1) is 13.2. The van der Waals surface area contributed by atoms with Crippen LogP contribution in [-0.2, 0) is 6.42 Å². The predicted molar refractivity (Wildman–Crippen MR) is 94.0 cm³/mol. The lowest BCUT2D eigenvalue weighted by Crippen LogP contribution is -1.94. The van der Waals surface area contributed by atoms with Gasteiger partial charge in [0.2, 0.25) is 0 Å². The van der Waals surface area contributed by atoms with Crippen LogP contribution >= 0.6 is 11.3 Å². The van der Waals surface area contributed by atoms with E-state index in [1.807, 2.05) is 35.6 Å². The molecule has 0 amide bonds. The maximum absolute atomic E-state index is 11.2. The molecule has 1 nitrogen and oxygen atoms in total. The summed E-state index contributed by atoms with van der Waals surface area (Å²) < 4.78 is 2.64. The smallest absolute Gasteiger partial charge is 0.150 e. The number of fused-ring (bicyclic) bond motifs is 3. The summed E-state index contributed by atoms with van der Waals surface area (Å²) in [7, 11) is 0. The van der Waals surface area contributed by atoms with Gasteiger partial charge in [-0.05, 0) is 23.6 Å². The van der Waals surface area contributed by atoms with Gasteiger partial charge in [-0.2, -0.15) is 0 Å². The standard InChI is InChI=1S/C20H14OS/c21-13-16-7-2-1-6-14(16)12-15-8-5-10-18-17-9-3-4-11-19(17)22-20(15)18/h1-11,13H,12H2. The van der Waals surface area contributed by atoms with Crippen molar-refractivity contribution in [3.8, 4) is 0 Å². The highest BCUT2D eigenvalue weighted by atomic mass is 32.1. The first-order valence-electron chi connectivity index (χ1n) is 7.29. The Balaban J connectivity index is 1.90. The molecule has 106 valence electrons. The molecule has 0 unspecified atom stereocenters. The second kappa shape index (κ2) is 5.39. The van der Waals surface area contributed by atoms with E-state index in [4.69, 9.17) is 0 Å². The van der Waals surface area contributed by atoms with Crippen LogP contribution in [-0.4, -0.2) is 6.29 Å². The van der Waals surface area contributed by atoms with Crippen LogP contribution in [0.2, 0.25) is 0 Å². The fourth-order valence-corrected chi connectivity index (χ4v) is 4.17. The van der Waals surface area contributed by atoms with Crippen molar-refractivity contribution in [2.45, 2.75) is 6.42 Å². The second-order valence-corrected chi connectivity index (χ2v) is 6.44. The SMILES string of the molecule is O=Cc1ccccc1Cc1cccc2c1sc1ccccc12. The molecule has 4 rings (SSSR count). The van der Waals surface area contributed by atoms with E-state index in [-0.39, 0.29) is 0 Å². The molecule has 0 saturated carbocycles. The Bertz CT molecular complexity index is 981. The fraction of sp³-hybridized carbons (Fsp3) is 0.0500. The van der Waals surface area contributed by atoms with Crippen molar-refractivity contribution in [3.63, 3.8) is 0 Å². The van der Waals surface area contributed by atoms with Crippen LogP contribution in [0, 0.1) is 0 Å². The molecule has 0 radical (unpaired) electrons. The Morgan fingerprint density at radius 2 is 1.50 bits per heavy atom. The van der Waals surface area contributed by atoms with Crippen molar-refractivity contribution in [1.82, 2.24) is 0 Å². The molecule has 0 spiro atoms. The predicted octanol–water partition coefficient (Wildman–Crippen LogP) is 5.46. The fourth-order valence-electron chi connectivity index (χ4n) is 2.96. The van der Waals surface area contributed by atoms with Crippen molar-refractivity contribution in [1.29, 1.82) is 0 Å². The molecular formula is C20H14OS. The zero-order valence-corrected chi connectivity index (χ0v) is 12.8. The van der Waals surface area contributed by atoms with Gasteiger partial charge < -0.3 is 0 Å². The Morgan fingerprint density at radius 3 is 2.41 bits per heavy atom. The lowest BCUT2D eigenvalue weighted by Gasteiger charge is -2.06. The molecular weight excluding hydrogens is 288 g/mol. The van der Waals surface area contributed by atoms with Gasteiger partial charge in [0, 0.05) is 25.7 Å². The third kappa shape index (κ3) is 2.13. The number of thiophene rings is 1. The monoisotopic (exact) mass is 302 g/mol. The van der Waals surface area contributed by atoms with E-state index >= 15 is 0 Å². The number of benzene rings is 3. The molecule has 0 aliphatic rings. The molecule has 22 heavy (non-hydrogen) atoms. The minimum Gasteiger partial charge on any atom is -0.298 e. The lowest BCUT2D eigenvalue weighted by atomic mass is 9.99. The molecule has 3 aromatic carbocycles. The highest BCUT2D eigenvalue weighted by Gasteiger charge is 2.10. The molecule has 1 aromatic heterocycles. The van der Waals surface area contributed by atoms with Crippen LogP contribution in [0.5, 0.6) is 0 Å². The van der Waals surface area contributed by atoms with Crippen LogP contribution in [0.1, 0.15) is 21.5 Å². The number of carbonyl (C=O) groups is 1. The van der Waals surface area contributed by atoms with E-state index in [1.165, 1.54) is 25.7 Å². The van der Waals surface area contributed by atoms with E-state index in [9.17, 15) is 4.79 Å². The average Bonchev–Trinajstić information content (AvgIpc) is 2.95. The normalized spacial score (nSPS) is 11.1. The molecule has 2 heteroatoms. The Kier molecular flexibility index (Phi) is 3.24. The van der Waals surface area contributed by atoms with Gasteiger partial charge in [-0.1, -0.05) is 60.7 Å². The van der Waals surface area contributed by atoms with Crippen molar-refractivity contribution in [3.05, 3.63) is 83.4 Å². The topological polar surface area (TPSA) is 17.1 Å². The van der Waals surface area contributed by atoms with E-state index in [2.05, 4.69) is 42.5 Å². The summed E-state index contributed by atoms with van der Waals surface area (Å²) in [6.45, 7) is 0. The van der Waals surface area contributed by atoms with Crippen LogP contribution in [0.15, 0.2) is 66.7 Å². The molecule has 0 saturated heterocycles. The highest BCUT2D eigenvalue weighted by molar-refractivity contribution is 7.26. The van der Waals surface area contributed by atoms with Gasteiger partial charge in [-0.25, -0.2) is 0 Å². The summed E-state index contributed by atoms with van der Waals surface area (Å²) in [6.07, 6.45) is 1.74. The second-order valence-electron chi connectivity index (χ2n) is 5.39. The summed E-state index contributed by atoms with van der Waals surface area (Å²) in [5.41, 5.74) is 3.15. The number of aldehydes is 1. The molecule has 0 atom stereocenters. The maximum atomic E-state index is 11.2. The Hall–Kier alpha value is -2.45. The summed E-state index contributed by atoms with van der Waals surface area (Å²) >= 11 is 1.83. The summed E-state index contributed by atoms with van der Waals surface area (Å²) in [6, 6.07) is 22.8. The minimum atomic E-state index is 0.778. The summed E-state index contributed by atoms with van der Waals surface area (Å²) in [4.78, 5) is 11.2. The molecule has 0 N–H and O–H groups in total. The third-order valence-electron chi connectivity index (χ3n) is 4.05. The molecule has 4 aromatic rings. The first-order chi connectivity index (χ1) is 10.9. The van der Waals surface area contributed by atoms with Crippen molar-refractivity contribution in [2.24, 2.45) is 0 Å². The van der Waals surface area contributed by atoms with Gasteiger partial charge in [-0.3, -0.25) is 4.79 Å². The minimum absolute atomic E-state index is 0.778. The highest BCUT2D eigenvalue weighted by Crippen LogP contribution is 2.36. The van der Waals surface area contributed by atoms with Gasteiger partial charge in [-0.15, -0.1) is 11.3 Å². The van der Waals surface area contributed by atoms with Gasteiger partial charge >= 0.3 is 0 Å². The van der Waals surface area contributed by atoms with Crippen LogP contribution in [0.4, 0.5) is 0 Å². The van der Waals surface area contributed by atoms with E-state index in [1.54, 1.807) is 0 Å². The van der Waals surface area contributed by atoms with E-state index in [0.29, 0.717) is 0 Å². The van der Waals surface area contributed by atoms with Crippen LogP contribution < -0.4 is 0 Å². The van der Waals surface area contributed by atoms with Gasteiger partial charge in [0.15, 0.2) is 0 Å². The third-order valence-corrected chi connectivity index (χ3v) is 5.31. The molecule has 0 aliphatic heterocycles. The van der Waals surface area contributed by atoms with Gasteiger partial charge in [0.25, 0.3) is 0 Å². The number of carbonyl (C=O) groups excluding carboxylic acids is 1. The average molecular weight is 302 g/mol. The number of hydrogen-bond donors (Lipinski definition) is 0. The molecule has 1 heterocycles. The van der Waals surface area contributed by atoms with E-state index < -0.39 is 0 Å². The maximum Gasteiger partial charge on any atom is 0.150 e. The van der Waals surface area contributed by atoms with E-state index in [0.717, 1.165) is 23.8 Å². The Morgan fingerprint density at radius 1 is 0.773 bits per heavy atom. The zero-order chi connectivity index (χ0) is 14.9. The molecule has 0 aliphatic carbocycles.